The first-order valence-electron chi connectivity index (χ1n) is 9.13. The van der Waals surface area contributed by atoms with E-state index in [1.165, 1.54) is 26.2 Å². The summed E-state index contributed by atoms with van der Waals surface area (Å²) in [6.07, 6.45) is -0.989. The summed E-state index contributed by atoms with van der Waals surface area (Å²) in [6.45, 7) is 3.97. The molecule has 0 radical (unpaired) electrons. The number of ether oxygens (including phenoxy) is 2. The van der Waals surface area contributed by atoms with E-state index in [1.807, 2.05) is 30.3 Å². The van der Waals surface area contributed by atoms with Gasteiger partial charge in [-0.15, -0.1) is 0 Å². The Morgan fingerprint density at radius 3 is 2.32 bits per heavy atom. The zero-order valence-electron chi connectivity index (χ0n) is 15.9. The summed E-state index contributed by atoms with van der Waals surface area (Å²) >= 11 is 0. The Hall–Kier alpha value is -3.09. The van der Waals surface area contributed by atoms with E-state index in [0.29, 0.717) is 31.9 Å². The second-order valence-electron chi connectivity index (χ2n) is 6.54. The molecule has 148 valence electrons. The molecule has 2 aromatic rings. The number of amides is 1. The highest BCUT2D eigenvalue weighted by molar-refractivity contribution is 5.92. The standard InChI is InChI=1S/C21H23FN2O4/c1-15(28-21(26)18-9-8-17(27-2)14-19(18)22)20(25)24-12-10-23(11-13-24)16-6-4-3-5-7-16/h3-9,14-15H,10-13H2,1-2H3/t15-/m1/s1. The van der Waals surface area contributed by atoms with Gasteiger partial charge in [0.05, 0.1) is 12.7 Å². The van der Waals surface area contributed by atoms with Gasteiger partial charge >= 0.3 is 5.97 Å². The van der Waals surface area contributed by atoms with E-state index < -0.39 is 17.9 Å². The number of esters is 1. The van der Waals surface area contributed by atoms with Crippen LogP contribution in [0.3, 0.4) is 0 Å². The number of methoxy groups -OCH3 is 1. The van der Waals surface area contributed by atoms with Crippen molar-refractivity contribution in [2.24, 2.45) is 0 Å². The van der Waals surface area contributed by atoms with Crippen LogP contribution in [0, 0.1) is 5.82 Å². The molecular weight excluding hydrogens is 363 g/mol. The van der Waals surface area contributed by atoms with Gasteiger partial charge in [0, 0.05) is 37.9 Å². The molecule has 0 aromatic heterocycles. The molecule has 0 N–H and O–H groups in total. The van der Waals surface area contributed by atoms with Crippen molar-refractivity contribution in [1.82, 2.24) is 4.90 Å². The van der Waals surface area contributed by atoms with Crippen molar-refractivity contribution in [3.05, 3.63) is 59.9 Å². The number of anilines is 1. The molecule has 0 unspecified atom stereocenters. The number of rotatable bonds is 5. The molecule has 3 rings (SSSR count). The monoisotopic (exact) mass is 386 g/mol. The summed E-state index contributed by atoms with van der Waals surface area (Å²) in [4.78, 5) is 28.7. The molecule has 0 saturated carbocycles. The quantitative estimate of drug-likeness (QED) is 0.740. The van der Waals surface area contributed by atoms with E-state index >= 15 is 0 Å². The lowest BCUT2D eigenvalue weighted by atomic mass is 10.2. The lowest BCUT2D eigenvalue weighted by Crippen LogP contribution is -2.51. The van der Waals surface area contributed by atoms with E-state index in [1.54, 1.807) is 4.90 Å². The number of nitrogens with zero attached hydrogens (tertiary/aromatic N) is 2. The fraction of sp³-hybridized carbons (Fsp3) is 0.333. The van der Waals surface area contributed by atoms with Crippen molar-refractivity contribution in [1.29, 1.82) is 0 Å². The Balaban J connectivity index is 1.55. The summed E-state index contributed by atoms with van der Waals surface area (Å²) in [5.74, 6) is -1.60. The average Bonchev–Trinajstić information content (AvgIpc) is 2.73. The topological polar surface area (TPSA) is 59.1 Å². The SMILES string of the molecule is COc1ccc(C(=O)O[C@H](C)C(=O)N2CCN(c3ccccc3)CC2)c(F)c1. The average molecular weight is 386 g/mol. The van der Waals surface area contributed by atoms with Gasteiger partial charge in [-0.3, -0.25) is 4.79 Å². The molecule has 1 amide bonds. The van der Waals surface area contributed by atoms with E-state index in [4.69, 9.17) is 9.47 Å². The molecule has 0 spiro atoms. The first-order chi connectivity index (χ1) is 13.5. The van der Waals surface area contributed by atoms with Crippen LogP contribution in [0.25, 0.3) is 0 Å². The molecule has 7 heteroatoms. The highest BCUT2D eigenvalue weighted by atomic mass is 19.1. The lowest BCUT2D eigenvalue weighted by Gasteiger charge is -2.37. The Morgan fingerprint density at radius 2 is 1.71 bits per heavy atom. The summed E-state index contributed by atoms with van der Waals surface area (Å²) in [5.41, 5.74) is 0.887. The fourth-order valence-electron chi connectivity index (χ4n) is 3.14. The smallest absolute Gasteiger partial charge is 0.341 e. The first-order valence-corrected chi connectivity index (χ1v) is 9.13. The van der Waals surface area contributed by atoms with Crippen LogP contribution in [0.4, 0.5) is 10.1 Å². The minimum Gasteiger partial charge on any atom is -0.497 e. The number of carbonyl (C=O) groups is 2. The first kappa shape index (κ1) is 19.7. The van der Waals surface area contributed by atoms with Gasteiger partial charge in [0.1, 0.15) is 11.6 Å². The van der Waals surface area contributed by atoms with Gasteiger partial charge in [-0.25, -0.2) is 9.18 Å². The Labute approximate surface area is 163 Å². The van der Waals surface area contributed by atoms with Crippen molar-refractivity contribution < 1.29 is 23.5 Å². The van der Waals surface area contributed by atoms with E-state index in [-0.39, 0.29) is 11.5 Å². The maximum atomic E-state index is 14.0. The number of halogens is 1. The van der Waals surface area contributed by atoms with E-state index in [2.05, 4.69) is 4.90 Å². The molecule has 2 aromatic carbocycles. The number of piperazine rings is 1. The predicted molar refractivity (Wildman–Crippen MR) is 103 cm³/mol. The second kappa shape index (κ2) is 8.73. The summed E-state index contributed by atoms with van der Waals surface area (Å²) in [6, 6.07) is 13.8. The van der Waals surface area contributed by atoms with Gasteiger partial charge in [-0.1, -0.05) is 18.2 Å². The third-order valence-corrected chi connectivity index (χ3v) is 4.74. The maximum absolute atomic E-state index is 14.0. The molecule has 1 atom stereocenters. The van der Waals surface area contributed by atoms with Gasteiger partial charge in [-0.2, -0.15) is 0 Å². The lowest BCUT2D eigenvalue weighted by molar-refractivity contribution is -0.140. The zero-order valence-corrected chi connectivity index (χ0v) is 15.9. The normalized spacial score (nSPS) is 15.1. The summed E-state index contributed by atoms with van der Waals surface area (Å²) in [5, 5.41) is 0. The second-order valence-corrected chi connectivity index (χ2v) is 6.54. The van der Waals surface area contributed by atoms with Gasteiger partial charge in [-0.05, 0) is 31.2 Å². The van der Waals surface area contributed by atoms with Crippen LogP contribution in [0.1, 0.15) is 17.3 Å². The van der Waals surface area contributed by atoms with Gasteiger partial charge in [0.15, 0.2) is 6.10 Å². The van der Waals surface area contributed by atoms with Crippen LogP contribution in [-0.2, 0) is 9.53 Å². The Bertz CT molecular complexity index is 836. The minimum absolute atomic E-state index is 0.227. The highest BCUT2D eigenvalue weighted by Gasteiger charge is 2.28. The maximum Gasteiger partial charge on any atom is 0.341 e. The molecule has 1 aliphatic heterocycles. The van der Waals surface area contributed by atoms with Crippen molar-refractivity contribution in [3.63, 3.8) is 0 Å². The molecular formula is C21H23FN2O4. The van der Waals surface area contributed by atoms with Crippen LogP contribution < -0.4 is 9.64 Å². The van der Waals surface area contributed by atoms with Crippen LogP contribution >= 0.6 is 0 Å². The molecule has 28 heavy (non-hydrogen) atoms. The molecule has 0 aliphatic carbocycles. The van der Waals surface area contributed by atoms with Gasteiger partial charge in [0.25, 0.3) is 5.91 Å². The molecule has 1 saturated heterocycles. The van der Waals surface area contributed by atoms with Crippen LogP contribution in [0.2, 0.25) is 0 Å². The Kier molecular flexibility index (Phi) is 6.13. The summed E-state index contributed by atoms with van der Waals surface area (Å²) in [7, 11) is 1.41. The molecule has 1 aliphatic rings. The molecule has 1 heterocycles. The third-order valence-electron chi connectivity index (χ3n) is 4.74. The minimum atomic E-state index is -0.989. The van der Waals surface area contributed by atoms with Gasteiger partial charge in [0.2, 0.25) is 0 Å². The highest BCUT2D eigenvalue weighted by Crippen LogP contribution is 2.19. The number of para-hydroxylation sites is 1. The molecule has 6 nitrogen and oxygen atoms in total. The summed E-state index contributed by atoms with van der Waals surface area (Å²) < 4.78 is 24.1. The van der Waals surface area contributed by atoms with Crippen molar-refractivity contribution in [2.45, 2.75) is 13.0 Å². The predicted octanol–water partition coefficient (Wildman–Crippen LogP) is 2.73. The van der Waals surface area contributed by atoms with E-state index in [0.717, 1.165) is 11.8 Å². The fourth-order valence-corrected chi connectivity index (χ4v) is 3.14. The van der Waals surface area contributed by atoms with Crippen LogP contribution in [0.15, 0.2) is 48.5 Å². The Morgan fingerprint density at radius 1 is 1.04 bits per heavy atom. The van der Waals surface area contributed by atoms with Crippen molar-refractivity contribution in [3.8, 4) is 5.75 Å². The largest absolute Gasteiger partial charge is 0.497 e. The van der Waals surface area contributed by atoms with Crippen molar-refractivity contribution >= 4 is 17.6 Å². The van der Waals surface area contributed by atoms with Gasteiger partial charge < -0.3 is 19.3 Å². The van der Waals surface area contributed by atoms with Crippen molar-refractivity contribution in [2.75, 3.05) is 38.2 Å². The van der Waals surface area contributed by atoms with Crippen LogP contribution in [0.5, 0.6) is 5.75 Å². The van der Waals surface area contributed by atoms with Crippen LogP contribution in [-0.4, -0.2) is 56.2 Å². The molecule has 0 bridgehead atoms. The number of benzene rings is 2. The number of hydrogen-bond donors (Lipinski definition) is 0. The zero-order chi connectivity index (χ0) is 20.1. The van der Waals surface area contributed by atoms with E-state index in [9.17, 15) is 14.0 Å². The third kappa shape index (κ3) is 4.42. The number of hydrogen-bond acceptors (Lipinski definition) is 5. The number of carbonyl (C=O) groups excluding carboxylic acids is 2. The molecule has 1 fully saturated rings.